The second-order valence-electron chi connectivity index (χ2n) is 1.99. The van der Waals surface area contributed by atoms with Gasteiger partial charge in [0.15, 0.2) is 0 Å². The fraction of sp³-hybridized carbons (Fsp3) is 0.333. The molecule has 0 saturated carbocycles. The van der Waals surface area contributed by atoms with Gasteiger partial charge in [0.05, 0.1) is 6.85 Å². The van der Waals surface area contributed by atoms with E-state index in [9.17, 15) is 0 Å². The van der Waals surface area contributed by atoms with Crippen LogP contribution in [0.3, 0.4) is 0 Å². The molecule has 1 rings (SSSR count). The van der Waals surface area contributed by atoms with Crippen molar-refractivity contribution >= 4 is 10.4 Å². The van der Waals surface area contributed by atoms with Crippen molar-refractivity contribution in [3.63, 3.8) is 0 Å². The minimum Gasteiger partial charge on any atom is -0.328 e. The molecule has 0 saturated heterocycles. The molecule has 0 aliphatic rings. The van der Waals surface area contributed by atoms with E-state index < -0.39 is 65.4 Å². The van der Waals surface area contributed by atoms with Crippen LogP contribution in [0.1, 0.15) is 27.5 Å². The van der Waals surface area contributed by atoms with Crippen molar-refractivity contribution in [1.29, 1.82) is 0 Å². The number of hydrogen-bond acceptors (Lipinski definition) is 3. The van der Waals surface area contributed by atoms with Crippen LogP contribution < -0.4 is 5.73 Å². The van der Waals surface area contributed by atoms with E-state index in [1.54, 1.807) is 0 Å². The summed E-state index contributed by atoms with van der Waals surface area (Å²) < 4.78 is 114. The molecule has 0 spiro atoms. The molecule has 5 nitrogen and oxygen atoms in total. The van der Waals surface area contributed by atoms with Gasteiger partial charge >= 0.3 is 10.4 Å². The maximum absolute atomic E-state index is 8.74. The summed E-state index contributed by atoms with van der Waals surface area (Å²) in [5.41, 5.74) is 4.33. The molecule has 86 valence electrons. The van der Waals surface area contributed by atoms with Crippen molar-refractivity contribution in [3.05, 3.63) is 35.8 Å². The molecule has 0 radical (unpaired) electrons. The summed E-state index contributed by atoms with van der Waals surface area (Å²) in [6.07, 6.45) is -3.19. The molecule has 0 aliphatic heterocycles. The molecule has 0 amide bonds. The third kappa shape index (κ3) is 13.1. The standard InChI is InChI=1S/C9H13N.H2O4S/c1-8(10)7-9-5-3-2-4-6-9;1-5(2,3)4/h2-6,8H,7,10H2,1H3;(H2,1,2,3,4)/i1D3,2D,3D,4D,5D,6D,7D2,8D;. The zero-order valence-corrected chi connectivity index (χ0v) is 8.01. The topological polar surface area (TPSA) is 101 Å². The van der Waals surface area contributed by atoms with Gasteiger partial charge in [-0.3, -0.25) is 9.11 Å². The lowest BCUT2D eigenvalue weighted by molar-refractivity contribution is 0.381. The Balaban J connectivity index is 0.00000110. The van der Waals surface area contributed by atoms with E-state index in [-0.39, 0.29) is 0 Å². The van der Waals surface area contributed by atoms with E-state index in [0.29, 0.717) is 0 Å². The predicted molar refractivity (Wildman–Crippen MR) is 58.0 cm³/mol. The number of rotatable bonds is 2. The van der Waals surface area contributed by atoms with Gasteiger partial charge in [-0.1, -0.05) is 30.2 Å². The van der Waals surface area contributed by atoms with Crippen LogP contribution in [0.15, 0.2) is 30.2 Å². The van der Waals surface area contributed by atoms with E-state index in [0.717, 1.165) is 0 Å². The Kier molecular flexibility index (Phi) is 1.80. The Morgan fingerprint density at radius 3 is 2.47 bits per heavy atom. The summed E-state index contributed by atoms with van der Waals surface area (Å²) in [6.45, 7) is -3.26. The maximum Gasteiger partial charge on any atom is 0.394 e. The summed E-state index contributed by atoms with van der Waals surface area (Å²) in [6, 6.07) is -7.42. The number of hydrogen-bond donors (Lipinski definition) is 3. The van der Waals surface area contributed by atoms with Gasteiger partial charge in [0.2, 0.25) is 0 Å². The fourth-order valence-corrected chi connectivity index (χ4v) is 0.447. The van der Waals surface area contributed by atoms with Crippen LogP contribution in [0.4, 0.5) is 0 Å². The van der Waals surface area contributed by atoms with Gasteiger partial charge in [-0.05, 0) is 18.8 Å². The molecule has 4 N–H and O–H groups in total. The van der Waals surface area contributed by atoms with Gasteiger partial charge in [0.25, 0.3) is 0 Å². The summed E-state index contributed by atoms with van der Waals surface area (Å²) in [4.78, 5) is 0. The smallest absolute Gasteiger partial charge is 0.328 e. The van der Waals surface area contributed by atoms with E-state index in [1.807, 2.05) is 0 Å². The van der Waals surface area contributed by atoms with Crippen LogP contribution in [-0.4, -0.2) is 23.5 Å². The van der Waals surface area contributed by atoms with Crippen LogP contribution in [0, 0.1) is 0 Å². The summed E-state index contributed by atoms with van der Waals surface area (Å²) in [5, 5.41) is 0. The highest BCUT2D eigenvalue weighted by Crippen LogP contribution is 2.00. The molecule has 6 heteroatoms. The lowest BCUT2D eigenvalue weighted by atomic mass is 10.1. The van der Waals surface area contributed by atoms with Crippen LogP contribution in [0.25, 0.3) is 0 Å². The quantitative estimate of drug-likeness (QED) is 0.672. The Hall–Kier alpha value is -0.950. The molecular weight excluding hydrogens is 218 g/mol. The molecule has 1 atom stereocenters. The van der Waals surface area contributed by atoms with E-state index in [4.69, 9.17) is 38.3 Å². The minimum absolute atomic E-state index is 0.744. The highest BCUT2D eigenvalue weighted by molar-refractivity contribution is 7.79. The summed E-state index contributed by atoms with van der Waals surface area (Å²) >= 11 is 0. The van der Waals surface area contributed by atoms with Crippen molar-refractivity contribution < 1.29 is 32.6 Å². The largest absolute Gasteiger partial charge is 0.394 e. The first-order chi connectivity index (χ1) is 11.2. The fourth-order valence-electron chi connectivity index (χ4n) is 0.447. The van der Waals surface area contributed by atoms with Crippen LogP contribution in [-0.2, 0) is 16.8 Å². The van der Waals surface area contributed by atoms with Crippen LogP contribution in [0.5, 0.6) is 0 Å². The molecule has 1 aromatic rings. The predicted octanol–water partition coefficient (Wildman–Crippen LogP) is 0.924. The van der Waals surface area contributed by atoms with Crippen molar-refractivity contribution in [2.24, 2.45) is 5.73 Å². The second kappa shape index (κ2) is 6.52. The highest BCUT2D eigenvalue weighted by Gasteiger charge is 1.94. The van der Waals surface area contributed by atoms with Gasteiger partial charge in [-0.2, -0.15) is 8.42 Å². The second-order valence-corrected chi connectivity index (χ2v) is 2.88. The van der Waals surface area contributed by atoms with E-state index >= 15 is 0 Å². The highest BCUT2D eigenvalue weighted by atomic mass is 32.3. The average molecular weight is 244 g/mol. The lowest BCUT2D eigenvalue weighted by Gasteiger charge is -2.02. The molecule has 0 bridgehead atoms. The molecular formula is C9H15NO4S. The third-order valence-electron chi connectivity index (χ3n) is 0.760. The summed E-state index contributed by atoms with van der Waals surface area (Å²) in [5.74, 6) is 0. The first kappa shape index (κ1) is 4.14. The van der Waals surface area contributed by atoms with Crippen molar-refractivity contribution in [1.82, 2.24) is 0 Å². The SMILES string of the molecule is O=S(=O)(O)O.[2H]c1c([2H])c([2H])c(C([2H])([2H])C([2H])(N)C([2H])([2H])[2H])c([2H])c1[2H]. The molecule has 0 heterocycles. The van der Waals surface area contributed by atoms with Gasteiger partial charge in [-0.25, -0.2) is 0 Å². The first-order valence-electron chi connectivity index (χ1n) is 8.74. The van der Waals surface area contributed by atoms with Crippen molar-refractivity contribution in [2.45, 2.75) is 19.2 Å². The number of benzene rings is 1. The minimum atomic E-state index is -4.67. The summed E-state index contributed by atoms with van der Waals surface area (Å²) in [7, 11) is -4.67. The maximum atomic E-state index is 8.74. The van der Waals surface area contributed by atoms with Crippen molar-refractivity contribution in [2.75, 3.05) is 0 Å². The van der Waals surface area contributed by atoms with E-state index in [1.165, 1.54) is 0 Å². The normalized spacial score (nSPS) is 27.0. The Labute approximate surface area is 105 Å². The van der Waals surface area contributed by atoms with Crippen LogP contribution in [0.2, 0.25) is 0 Å². The van der Waals surface area contributed by atoms with Crippen LogP contribution >= 0.6 is 0 Å². The zero-order chi connectivity index (χ0) is 21.5. The number of nitrogens with two attached hydrogens (primary N) is 1. The molecule has 0 fully saturated rings. The zero-order valence-electron chi connectivity index (χ0n) is 18.2. The van der Waals surface area contributed by atoms with Gasteiger partial charge in [0, 0.05) is 14.2 Å². The Morgan fingerprint density at radius 1 is 1.60 bits per heavy atom. The molecule has 15 heavy (non-hydrogen) atoms. The van der Waals surface area contributed by atoms with Crippen molar-refractivity contribution in [3.8, 4) is 0 Å². The van der Waals surface area contributed by atoms with Gasteiger partial charge < -0.3 is 5.73 Å². The van der Waals surface area contributed by atoms with E-state index in [2.05, 4.69) is 0 Å². The Morgan fingerprint density at radius 2 is 2.07 bits per heavy atom. The molecule has 1 aromatic carbocycles. The lowest BCUT2D eigenvalue weighted by Crippen LogP contribution is -2.17. The monoisotopic (exact) mass is 244 g/mol. The Bertz CT molecular complexity index is 753. The van der Waals surface area contributed by atoms with Gasteiger partial charge in [0.1, 0.15) is 0 Å². The molecule has 0 aromatic heterocycles. The first-order valence-corrected chi connectivity index (χ1v) is 4.63. The molecule has 1 unspecified atom stereocenters. The van der Waals surface area contributed by atoms with Gasteiger partial charge in [-0.15, -0.1) is 0 Å². The third-order valence-corrected chi connectivity index (χ3v) is 0.760. The average Bonchev–Trinajstić information content (AvgIpc) is 2.39. The molecule has 0 aliphatic carbocycles.